The third-order valence-corrected chi connectivity index (χ3v) is 13.5. The second-order valence-electron chi connectivity index (χ2n) is 17.1. The molecule has 0 spiro atoms. The molecular weight excluding hydrogens is 1010 g/mol. The van der Waals surface area contributed by atoms with Crippen molar-refractivity contribution in [3.05, 3.63) is 288 Å². The van der Waals surface area contributed by atoms with Crippen molar-refractivity contribution in [2.75, 3.05) is 9.80 Å². The Bertz CT molecular complexity index is 3480. The third-order valence-electron chi connectivity index (χ3n) is 12.5. The van der Waals surface area contributed by atoms with Crippen molar-refractivity contribution in [1.29, 1.82) is 0 Å². The summed E-state index contributed by atoms with van der Waals surface area (Å²) in [5, 5.41) is 22.6. The minimum Gasteiger partial charge on any atom is -0.423 e. The van der Waals surface area contributed by atoms with E-state index in [2.05, 4.69) is 267 Å². The average Bonchev–Trinajstić information content (AvgIpc) is 3.43. The molecule has 0 bridgehead atoms. The van der Waals surface area contributed by atoms with Gasteiger partial charge in [-0.3, -0.25) is 0 Å². The van der Waals surface area contributed by atoms with Gasteiger partial charge in [-0.05, 0) is 164 Å². The molecule has 0 heterocycles. The maximum absolute atomic E-state index is 9.08. The second-order valence-corrected chi connectivity index (χ2v) is 18.9. The van der Waals surface area contributed by atoms with E-state index in [9.17, 15) is 0 Å². The van der Waals surface area contributed by atoms with Gasteiger partial charge in [0.2, 0.25) is 0 Å². The minimum atomic E-state index is -1.40. The van der Waals surface area contributed by atoms with Gasteiger partial charge in [-0.1, -0.05) is 208 Å². The SMILES string of the molecule is Brc1ccc(N(c2ccccc2)c2ccc(Br)cc2)cc1.C=Cc1c(C)cccc1-c1ccc(N(c2ccccc2)c2ccc(-c3cccc4ccccc34)cc2)cc1.OB(O)c1cccc2ccccc12. The van der Waals surface area contributed by atoms with Crippen LogP contribution in [0.5, 0.6) is 0 Å². The van der Waals surface area contributed by atoms with Crippen LogP contribution < -0.4 is 15.3 Å². The van der Waals surface area contributed by atoms with E-state index in [1.165, 1.54) is 44.2 Å². The zero-order valence-electron chi connectivity index (χ0n) is 39.7. The number of benzene rings is 11. The Kier molecular flexibility index (Phi) is 16.0. The molecule has 0 saturated heterocycles. The number of rotatable bonds is 10. The van der Waals surface area contributed by atoms with E-state index in [1.807, 2.05) is 48.5 Å². The van der Waals surface area contributed by atoms with Crippen molar-refractivity contribution in [2.24, 2.45) is 0 Å². The summed E-state index contributed by atoms with van der Waals surface area (Å²) in [6.07, 6.45) is 1.95. The van der Waals surface area contributed by atoms with Gasteiger partial charge in [0.05, 0.1) is 0 Å². The summed E-state index contributed by atoms with van der Waals surface area (Å²) in [6.45, 7) is 6.17. The number of fused-ring (bicyclic) bond motifs is 2. The van der Waals surface area contributed by atoms with Gasteiger partial charge in [-0.15, -0.1) is 0 Å². The standard InChI is InChI=1S/C37H29N.C18H13Br2N.C10H9BO2/c1-3-34-27(2)11-9-17-35(34)29-19-23-32(24-20-29)38(31-14-5-4-6-15-31)33-25-21-30(22-26-33)37-18-10-13-28-12-7-8-16-36(28)37;19-14-6-10-17(11-7-14)21(16-4-2-1-3-5-16)18-12-8-15(20)9-13-18;12-11(13)10-7-3-5-8-4-1-2-6-9(8)10/h3-26H,1H2,2H3;1-13H;1-7,12-13H. The highest BCUT2D eigenvalue weighted by Gasteiger charge is 2.16. The first-order chi connectivity index (χ1) is 35.2. The molecule has 350 valence electrons. The molecule has 11 aromatic rings. The van der Waals surface area contributed by atoms with E-state index < -0.39 is 7.12 Å². The Morgan fingerprint density at radius 2 is 0.736 bits per heavy atom. The van der Waals surface area contributed by atoms with Crippen LogP contribution in [0, 0.1) is 6.92 Å². The van der Waals surface area contributed by atoms with Gasteiger partial charge in [0.1, 0.15) is 0 Å². The van der Waals surface area contributed by atoms with Crippen molar-refractivity contribution >= 4 is 106 Å². The second kappa shape index (κ2) is 23.4. The van der Waals surface area contributed by atoms with Gasteiger partial charge in [0.15, 0.2) is 0 Å². The molecule has 0 fully saturated rings. The van der Waals surface area contributed by atoms with Gasteiger partial charge < -0.3 is 19.8 Å². The van der Waals surface area contributed by atoms with Gasteiger partial charge in [0, 0.05) is 43.1 Å². The summed E-state index contributed by atoms with van der Waals surface area (Å²) >= 11 is 6.98. The molecule has 11 rings (SSSR count). The highest BCUT2D eigenvalue weighted by molar-refractivity contribution is 9.10. The maximum Gasteiger partial charge on any atom is 0.489 e. The molecule has 2 N–H and O–H groups in total. The number of nitrogens with zero attached hydrogens (tertiary/aromatic N) is 2. The zero-order chi connectivity index (χ0) is 49.8. The fourth-order valence-electron chi connectivity index (χ4n) is 8.97. The van der Waals surface area contributed by atoms with E-state index >= 15 is 0 Å². The number of para-hydroxylation sites is 2. The first-order valence-corrected chi connectivity index (χ1v) is 25.3. The average molecular weight is 1060 g/mol. The van der Waals surface area contributed by atoms with E-state index in [0.717, 1.165) is 53.8 Å². The van der Waals surface area contributed by atoms with Gasteiger partial charge in [-0.25, -0.2) is 0 Å². The monoisotopic (exact) mass is 1060 g/mol. The molecule has 11 aromatic carbocycles. The molecule has 0 aliphatic rings. The molecule has 0 aliphatic heterocycles. The van der Waals surface area contributed by atoms with E-state index in [4.69, 9.17) is 10.0 Å². The lowest BCUT2D eigenvalue weighted by Crippen LogP contribution is -2.30. The summed E-state index contributed by atoms with van der Waals surface area (Å²) < 4.78 is 2.16. The molecule has 0 radical (unpaired) electrons. The van der Waals surface area contributed by atoms with E-state index in [1.54, 1.807) is 6.07 Å². The van der Waals surface area contributed by atoms with E-state index in [-0.39, 0.29) is 0 Å². The predicted octanol–water partition coefficient (Wildman–Crippen LogP) is 17.8. The van der Waals surface area contributed by atoms with Crippen molar-refractivity contribution in [3.63, 3.8) is 0 Å². The molecule has 0 amide bonds. The smallest absolute Gasteiger partial charge is 0.423 e. The zero-order valence-corrected chi connectivity index (χ0v) is 42.9. The summed E-state index contributed by atoms with van der Waals surface area (Å²) in [6, 6.07) is 89.9. The van der Waals surface area contributed by atoms with Gasteiger partial charge >= 0.3 is 7.12 Å². The van der Waals surface area contributed by atoms with Crippen LogP contribution in [-0.4, -0.2) is 17.2 Å². The fourth-order valence-corrected chi connectivity index (χ4v) is 9.49. The summed E-state index contributed by atoms with van der Waals surface area (Å²) in [5.74, 6) is 0. The van der Waals surface area contributed by atoms with Crippen LogP contribution in [0.1, 0.15) is 11.1 Å². The summed E-state index contributed by atoms with van der Waals surface area (Å²) in [5.41, 5.74) is 14.6. The Morgan fingerprint density at radius 1 is 0.375 bits per heavy atom. The summed E-state index contributed by atoms with van der Waals surface area (Å²) in [7, 11) is -1.40. The lowest BCUT2D eigenvalue weighted by Gasteiger charge is -2.26. The van der Waals surface area contributed by atoms with Gasteiger partial charge in [0.25, 0.3) is 0 Å². The largest absolute Gasteiger partial charge is 0.489 e. The van der Waals surface area contributed by atoms with Crippen LogP contribution in [0.2, 0.25) is 0 Å². The predicted molar refractivity (Wildman–Crippen MR) is 315 cm³/mol. The van der Waals surface area contributed by atoms with Crippen LogP contribution in [0.15, 0.2) is 276 Å². The maximum atomic E-state index is 9.08. The van der Waals surface area contributed by atoms with Crippen LogP contribution in [-0.2, 0) is 0 Å². The Labute approximate surface area is 439 Å². The Hall–Kier alpha value is -7.78. The molecule has 0 aromatic heterocycles. The number of aryl methyl sites for hydroxylation is 1. The molecule has 7 heteroatoms. The number of hydrogen-bond acceptors (Lipinski definition) is 4. The topological polar surface area (TPSA) is 46.9 Å². The van der Waals surface area contributed by atoms with Crippen LogP contribution in [0.25, 0.3) is 49.9 Å². The minimum absolute atomic E-state index is 0.554. The number of anilines is 6. The summed E-state index contributed by atoms with van der Waals surface area (Å²) in [4.78, 5) is 4.54. The van der Waals surface area contributed by atoms with Crippen molar-refractivity contribution < 1.29 is 10.0 Å². The Balaban J connectivity index is 0.000000156. The quantitative estimate of drug-likeness (QED) is 0.134. The molecule has 4 nitrogen and oxygen atoms in total. The highest BCUT2D eigenvalue weighted by Crippen LogP contribution is 2.39. The highest BCUT2D eigenvalue weighted by atomic mass is 79.9. The van der Waals surface area contributed by atoms with Crippen molar-refractivity contribution in [2.45, 2.75) is 6.92 Å². The third kappa shape index (κ3) is 11.5. The lowest BCUT2D eigenvalue weighted by molar-refractivity contribution is 0.426. The number of halogens is 2. The van der Waals surface area contributed by atoms with Crippen LogP contribution >= 0.6 is 31.9 Å². The molecule has 0 aliphatic carbocycles. The lowest BCUT2D eigenvalue weighted by atomic mass is 9.77. The fraction of sp³-hybridized carbons (Fsp3) is 0.0154. The molecule has 0 unspecified atom stereocenters. The first-order valence-electron chi connectivity index (χ1n) is 23.7. The van der Waals surface area contributed by atoms with Crippen LogP contribution in [0.3, 0.4) is 0 Å². The molecule has 0 saturated carbocycles. The van der Waals surface area contributed by atoms with Gasteiger partial charge in [-0.2, -0.15) is 0 Å². The molecule has 72 heavy (non-hydrogen) atoms. The van der Waals surface area contributed by atoms with E-state index in [0.29, 0.717) is 5.46 Å². The normalized spacial score (nSPS) is 10.6. The van der Waals surface area contributed by atoms with Crippen molar-refractivity contribution in [1.82, 2.24) is 0 Å². The molecule has 0 atom stereocenters. The first kappa shape index (κ1) is 49.2. The van der Waals surface area contributed by atoms with Crippen LogP contribution in [0.4, 0.5) is 34.1 Å². The molecular formula is C65H51BBr2N2O2. The Morgan fingerprint density at radius 3 is 1.22 bits per heavy atom. The van der Waals surface area contributed by atoms with Crippen molar-refractivity contribution in [3.8, 4) is 22.3 Å². The number of hydrogen-bond donors (Lipinski definition) is 2.